The Morgan fingerprint density at radius 1 is 1.12 bits per heavy atom. The summed E-state index contributed by atoms with van der Waals surface area (Å²) in [7, 11) is 0. The van der Waals surface area contributed by atoms with E-state index in [1.807, 2.05) is 41.0 Å². The number of imidazole rings is 1. The van der Waals surface area contributed by atoms with E-state index in [2.05, 4.69) is 22.4 Å². The number of aliphatic carboxylic acids is 1. The van der Waals surface area contributed by atoms with Crippen molar-refractivity contribution in [1.82, 2.24) is 14.9 Å². The van der Waals surface area contributed by atoms with Crippen LogP contribution in [0.25, 0.3) is 11.1 Å². The van der Waals surface area contributed by atoms with Crippen molar-refractivity contribution in [2.75, 3.05) is 6.61 Å². The van der Waals surface area contributed by atoms with Gasteiger partial charge >= 0.3 is 12.1 Å². The van der Waals surface area contributed by atoms with Crippen LogP contribution in [0.2, 0.25) is 0 Å². The number of carboxylic acids is 1. The largest absolute Gasteiger partial charge is 0.480 e. The summed E-state index contributed by atoms with van der Waals surface area (Å²) in [6.07, 6.45) is 4.83. The fraction of sp³-hybridized carbons (Fsp3) is 0.320. The van der Waals surface area contributed by atoms with Crippen LogP contribution in [0.4, 0.5) is 4.79 Å². The van der Waals surface area contributed by atoms with Crippen molar-refractivity contribution in [3.8, 4) is 11.1 Å². The molecule has 3 aromatic rings. The van der Waals surface area contributed by atoms with Crippen molar-refractivity contribution < 1.29 is 19.4 Å². The minimum atomic E-state index is -1.13. The number of aromatic nitrogens is 2. The highest BCUT2D eigenvalue weighted by Crippen LogP contribution is 2.44. The summed E-state index contributed by atoms with van der Waals surface area (Å²) < 4.78 is 7.39. The number of fused-ring (bicyclic) bond motifs is 3. The second-order valence-electron chi connectivity index (χ2n) is 8.49. The monoisotopic (exact) mass is 431 g/mol. The van der Waals surface area contributed by atoms with Gasteiger partial charge in [-0.15, -0.1) is 0 Å². The molecule has 0 bridgehead atoms. The minimum Gasteiger partial charge on any atom is -0.480 e. The molecule has 1 heterocycles. The molecule has 7 heteroatoms. The summed E-state index contributed by atoms with van der Waals surface area (Å²) >= 11 is 0. The van der Waals surface area contributed by atoms with Gasteiger partial charge in [0, 0.05) is 24.2 Å². The lowest BCUT2D eigenvalue weighted by molar-refractivity contribution is -0.140. The summed E-state index contributed by atoms with van der Waals surface area (Å²) in [6.45, 7) is 1.91. The lowest BCUT2D eigenvalue weighted by Gasteiger charge is -2.24. The van der Waals surface area contributed by atoms with E-state index in [9.17, 15) is 14.7 Å². The number of carbonyl (C=O) groups excluding carboxylic acids is 1. The van der Waals surface area contributed by atoms with Gasteiger partial charge in [0.15, 0.2) is 0 Å². The van der Waals surface area contributed by atoms with Crippen LogP contribution in [-0.4, -0.2) is 39.4 Å². The second-order valence-corrected chi connectivity index (χ2v) is 8.49. The van der Waals surface area contributed by atoms with E-state index in [4.69, 9.17) is 4.74 Å². The van der Waals surface area contributed by atoms with E-state index >= 15 is 0 Å². The molecule has 0 saturated heterocycles. The molecular weight excluding hydrogens is 406 g/mol. The van der Waals surface area contributed by atoms with Crippen molar-refractivity contribution >= 4 is 12.1 Å². The van der Waals surface area contributed by atoms with Gasteiger partial charge in [-0.1, -0.05) is 48.5 Å². The zero-order chi connectivity index (χ0) is 22.2. The van der Waals surface area contributed by atoms with Gasteiger partial charge in [0.05, 0.1) is 6.04 Å². The Hall–Kier alpha value is -3.61. The average molecular weight is 431 g/mol. The third-order valence-corrected chi connectivity index (χ3v) is 6.45. The number of hydrogen-bond donors (Lipinski definition) is 2. The number of carboxylic acid groups (broad SMARTS) is 1. The zero-order valence-electron chi connectivity index (χ0n) is 17.8. The van der Waals surface area contributed by atoms with Crippen molar-refractivity contribution in [3.63, 3.8) is 0 Å². The number of ether oxygens (including phenoxy) is 1. The Labute approximate surface area is 186 Å². The third kappa shape index (κ3) is 3.64. The van der Waals surface area contributed by atoms with Crippen LogP contribution in [0.5, 0.6) is 0 Å². The molecule has 2 unspecified atom stereocenters. The van der Waals surface area contributed by atoms with Crippen molar-refractivity contribution in [2.24, 2.45) is 0 Å². The van der Waals surface area contributed by atoms with Crippen molar-refractivity contribution in [1.29, 1.82) is 0 Å². The number of nitrogens with one attached hydrogen (secondary N) is 1. The fourth-order valence-corrected chi connectivity index (χ4v) is 4.64. The number of rotatable bonds is 7. The molecule has 1 aromatic heterocycles. The van der Waals surface area contributed by atoms with Crippen LogP contribution in [-0.2, 0) is 9.53 Å². The summed E-state index contributed by atoms with van der Waals surface area (Å²) in [4.78, 5) is 29.0. The van der Waals surface area contributed by atoms with Gasteiger partial charge in [-0.2, -0.15) is 0 Å². The molecule has 0 spiro atoms. The number of carbonyl (C=O) groups is 2. The smallest absolute Gasteiger partial charge is 0.407 e. The SMILES string of the molecule is CC(C(NC(=O)OCC1c2ccccc2-c2ccccc21)C(=O)O)n1ccnc1C1CC1. The van der Waals surface area contributed by atoms with Crippen LogP contribution in [0.15, 0.2) is 60.9 Å². The third-order valence-electron chi connectivity index (χ3n) is 6.45. The molecule has 2 N–H and O–H groups in total. The molecular formula is C25H25N3O4. The predicted molar refractivity (Wildman–Crippen MR) is 119 cm³/mol. The first-order chi connectivity index (χ1) is 15.5. The highest BCUT2D eigenvalue weighted by atomic mass is 16.5. The molecule has 1 saturated carbocycles. The highest BCUT2D eigenvalue weighted by Gasteiger charge is 2.35. The Morgan fingerprint density at radius 3 is 2.34 bits per heavy atom. The van der Waals surface area contributed by atoms with Gasteiger partial charge in [-0.25, -0.2) is 14.6 Å². The van der Waals surface area contributed by atoms with Crippen LogP contribution in [0.3, 0.4) is 0 Å². The van der Waals surface area contributed by atoms with Gasteiger partial charge < -0.3 is 19.7 Å². The van der Waals surface area contributed by atoms with E-state index in [1.54, 1.807) is 19.3 Å². The Morgan fingerprint density at radius 2 is 1.75 bits per heavy atom. The molecule has 1 amide bonds. The molecule has 2 aromatic carbocycles. The maximum atomic E-state index is 12.6. The molecule has 164 valence electrons. The van der Waals surface area contributed by atoms with Gasteiger partial charge in [-0.3, -0.25) is 0 Å². The maximum Gasteiger partial charge on any atom is 0.407 e. The van der Waals surface area contributed by atoms with E-state index in [0.29, 0.717) is 5.92 Å². The Bertz CT molecular complexity index is 1120. The Kier molecular flexibility index (Phi) is 5.17. The van der Waals surface area contributed by atoms with Crippen LogP contribution >= 0.6 is 0 Å². The van der Waals surface area contributed by atoms with Crippen molar-refractivity contribution in [2.45, 2.75) is 43.7 Å². The fourth-order valence-electron chi connectivity index (χ4n) is 4.64. The first-order valence-corrected chi connectivity index (χ1v) is 10.9. The number of nitrogens with zero attached hydrogens (tertiary/aromatic N) is 2. The number of amides is 1. The lowest BCUT2D eigenvalue weighted by Crippen LogP contribution is -2.46. The van der Waals surface area contributed by atoms with Gasteiger partial charge in [0.2, 0.25) is 0 Å². The molecule has 0 radical (unpaired) electrons. The van der Waals surface area contributed by atoms with Crippen LogP contribution < -0.4 is 5.32 Å². The number of alkyl carbamates (subject to hydrolysis) is 1. The molecule has 1 fully saturated rings. The summed E-state index contributed by atoms with van der Waals surface area (Å²) in [6, 6.07) is 14.5. The van der Waals surface area contributed by atoms with Gasteiger partial charge in [0.25, 0.3) is 0 Å². The standard InChI is InChI=1S/C25H25N3O4/c1-15(28-13-12-26-23(28)16-10-11-16)22(24(29)30)27-25(31)32-14-21-19-8-4-2-6-17(19)18-7-3-5-9-20(18)21/h2-9,12-13,15-16,21-22H,10-11,14H2,1H3,(H,27,31)(H,29,30). The average Bonchev–Trinajstić information content (AvgIpc) is 3.44. The highest BCUT2D eigenvalue weighted by molar-refractivity contribution is 5.81. The van der Waals surface area contributed by atoms with Gasteiger partial charge in [0.1, 0.15) is 18.5 Å². The summed E-state index contributed by atoms with van der Waals surface area (Å²) in [5.74, 6) is 0.0554. The van der Waals surface area contributed by atoms with Gasteiger partial charge in [-0.05, 0) is 42.0 Å². The Balaban J connectivity index is 1.29. The number of benzene rings is 2. The first kappa shape index (κ1) is 20.3. The van der Waals surface area contributed by atoms with E-state index in [0.717, 1.165) is 40.9 Å². The molecule has 2 atom stereocenters. The molecule has 32 heavy (non-hydrogen) atoms. The molecule has 2 aliphatic carbocycles. The van der Waals surface area contributed by atoms with Crippen molar-refractivity contribution in [3.05, 3.63) is 77.9 Å². The quantitative estimate of drug-likeness (QED) is 0.581. The summed E-state index contributed by atoms with van der Waals surface area (Å²) in [5, 5.41) is 12.3. The first-order valence-electron chi connectivity index (χ1n) is 10.9. The molecule has 0 aliphatic heterocycles. The second kappa shape index (κ2) is 8.15. The normalized spacial score (nSPS) is 16.7. The minimum absolute atomic E-state index is 0.0797. The predicted octanol–water partition coefficient (Wildman–Crippen LogP) is 4.31. The molecule has 5 rings (SSSR count). The van der Waals surface area contributed by atoms with Crippen LogP contribution in [0, 0.1) is 0 Å². The van der Waals surface area contributed by atoms with E-state index in [1.165, 1.54) is 0 Å². The zero-order valence-corrected chi connectivity index (χ0v) is 17.8. The summed E-state index contributed by atoms with van der Waals surface area (Å²) in [5.41, 5.74) is 4.50. The lowest BCUT2D eigenvalue weighted by atomic mass is 9.98. The van der Waals surface area contributed by atoms with E-state index in [-0.39, 0.29) is 12.5 Å². The van der Waals surface area contributed by atoms with E-state index < -0.39 is 24.1 Å². The topological polar surface area (TPSA) is 93.5 Å². The molecule has 2 aliphatic rings. The number of hydrogen-bond acceptors (Lipinski definition) is 4. The molecule has 7 nitrogen and oxygen atoms in total. The van der Waals surface area contributed by atoms with Crippen LogP contribution in [0.1, 0.15) is 54.6 Å². The maximum absolute atomic E-state index is 12.6.